The van der Waals surface area contributed by atoms with Gasteiger partial charge in [-0.05, 0) is 41.9 Å². The quantitative estimate of drug-likeness (QED) is 0.878. The summed E-state index contributed by atoms with van der Waals surface area (Å²) in [6.45, 7) is 4.20. The second kappa shape index (κ2) is 6.59. The summed E-state index contributed by atoms with van der Waals surface area (Å²) in [5, 5.41) is 5.68. The second-order valence-corrected chi connectivity index (χ2v) is 4.85. The number of halogens is 2. The van der Waals surface area contributed by atoms with Crippen molar-refractivity contribution < 1.29 is 9.18 Å². The molecule has 5 heteroatoms. The Balaban J connectivity index is 2.43. The molecule has 0 aliphatic carbocycles. The van der Waals surface area contributed by atoms with Gasteiger partial charge in [-0.2, -0.15) is 0 Å². The van der Waals surface area contributed by atoms with Crippen LogP contribution in [0.1, 0.15) is 20.3 Å². The van der Waals surface area contributed by atoms with Crippen LogP contribution < -0.4 is 10.6 Å². The van der Waals surface area contributed by atoms with E-state index >= 15 is 0 Å². The van der Waals surface area contributed by atoms with E-state index in [0.29, 0.717) is 23.1 Å². The Morgan fingerprint density at radius 1 is 1.47 bits per heavy atom. The molecule has 0 saturated carbocycles. The highest BCUT2D eigenvalue weighted by atomic mass is 79.9. The molecular weight excluding hydrogens is 287 g/mol. The first kappa shape index (κ1) is 14.0. The Hall–Kier alpha value is -1.10. The van der Waals surface area contributed by atoms with Crippen molar-refractivity contribution in [3.05, 3.63) is 28.5 Å². The maximum absolute atomic E-state index is 13.4. The minimum atomic E-state index is -0.330. The first-order valence-corrected chi connectivity index (χ1v) is 6.27. The van der Waals surface area contributed by atoms with Crippen molar-refractivity contribution in [2.24, 2.45) is 0 Å². The summed E-state index contributed by atoms with van der Waals surface area (Å²) < 4.78 is 14.0. The van der Waals surface area contributed by atoms with E-state index in [4.69, 9.17) is 0 Å². The van der Waals surface area contributed by atoms with E-state index in [9.17, 15) is 9.18 Å². The molecule has 1 aromatic rings. The molecule has 17 heavy (non-hydrogen) atoms. The van der Waals surface area contributed by atoms with E-state index in [2.05, 4.69) is 26.6 Å². The van der Waals surface area contributed by atoms with Gasteiger partial charge in [-0.3, -0.25) is 4.79 Å². The summed E-state index contributed by atoms with van der Waals surface area (Å²) in [7, 11) is 0. The van der Waals surface area contributed by atoms with Crippen LogP contribution in [0, 0.1) is 5.82 Å². The van der Waals surface area contributed by atoms with Crippen molar-refractivity contribution >= 4 is 27.5 Å². The van der Waals surface area contributed by atoms with Crippen LogP contribution in [0.3, 0.4) is 0 Å². The predicted molar refractivity (Wildman–Crippen MR) is 70.5 cm³/mol. The molecule has 0 bridgehead atoms. The SMILES string of the molecule is CC(C)NC(=O)CCNc1c(F)cccc1Br. The number of rotatable bonds is 5. The number of para-hydroxylation sites is 1. The van der Waals surface area contributed by atoms with Crippen LogP contribution in [-0.4, -0.2) is 18.5 Å². The van der Waals surface area contributed by atoms with E-state index in [1.165, 1.54) is 6.07 Å². The lowest BCUT2D eigenvalue weighted by Crippen LogP contribution is -2.31. The molecule has 1 aromatic carbocycles. The van der Waals surface area contributed by atoms with Gasteiger partial charge in [0, 0.05) is 23.5 Å². The maximum atomic E-state index is 13.4. The van der Waals surface area contributed by atoms with Crippen LogP contribution >= 0.6 is 15.9 Å². The number of nitrogens with one attached hydrogen (secondary N) is 2. The van der Waals surface area contributed by atoms with Gasteiger partial charge in [-0.1, -0.05) is 6.07 Å². The molecule has 3 nitrogen and oxygen atoms in total. The highest BCUT2D eigenvalue weighted by molar-refractivity contribution is 9.10. The summed E-state index contributed by atoms with van der Waals surface area (Å²) in [4.78, 5) is 11.4. The van der Waals surface area contributed by atoms with Crippen LogP contribution in [0.15, 0.2) is 22.7 Å². The molecule has 0 saturated heterocycles. The maximum Gasteiger partial charge on any atom is 0.221 e. The third-order valence-electron chi connectivity index (χ3n) is 2.07. The van der Waals surface area contributed by atoms with Gasteiger partial charge in [0.1, 0.15) is 5.82 Å². The average Bonchev–Trinajstić information content (AvgIpc) is 2.21. The van der Waals surface area contributed by atoms with Crippen LogP contribution in [0.4, 0.5) is 10.1 Å². The van der Waals surface area contributed by atoms with Gasteiger partial charge in [-0.25, -0.2) is 4.39 Å². The standard InChI is InChI=1S/C12H16BrFN2O/c1-8(2)16-11(17)6-7-15-12-9(13)4-3-5-10(12)14/h3-5,8,15H,6-7H2,1-2H3,(H,16,17). The lowest BCUT2D eigenvalue weighted by Gasteiger charge is -2.11. The summed E-state index contributed by atoms with van der Waals surface area (Å²) in [6.07, 6.45) is 0.318. The Bertz CT molecular complexity index is 376. The topological polar surface area (TPSA) is 41.1 Å². The van der Waals surface area contributed by atoms with Crippen LogP contribution in [0.5, 0.6) is 0 Å². The van der Waals surface area contributed by atoms with Gasteiger partial charge in [0.15, 0.2) is 0 Å². The summed E-state index contributed by atoms with van der Waals surface area (Å²) in [6, 6.07) is 4.87. The third kappa shape index (κ3) is 4.73. The third-order valence-corrected chi connectivity index (χ3v) is 2.73. The molecule has 94 valence electrons. The van der Waals surface area contributed by atoms with Crippen LogP contribution in [0.25, 0.3) is 0 Å². The first-order chi connectivity index (χ1) is 8.00. The molecule has 0 aromatic heterocycles. The van der Waals surface area contributed by atoms with Crippen molar-refractivity contribution in [2.75, 3.05) is 11.9 Å². The fraction of sp³-hybridized carbons (Fsp3) is 0.417. The monoisotopic (exact) mass is 302 g/mol. The molecule has 0 unspecified atom stereocenters. The number of carbonyl (C=O) groups excluding carboxylic acids is 1. The summed E-state index contributed by atoms with van der Waals surface area (Å²) >= 11 is 3.25. The zero-order chi connectivity index (χ0) is 12.8. The van der Waals surface area contributed by atoms with Gasteiger partial charge >= 0.3 is 0 Å². The van der Waals surface area contributed by atoms with Gasteiger partial charge in [-0.15, -0.1) is 0 Å². The number of carbonyl (C=O) groups is 1. The molecule has 0 radical (unpaired) electrons. The lowest BCUT2D eigenvalue weighted by atomic mass is 10.3. The number of hydrogen-bond acceptors (Lipinski definition) is 2. The molecule has 0 heterocycles. The average molecular weight is 303 g/mol. The van der Waals surface area contributed by atoms with E-state index in [-0.39, 0.29) is 17.8 Å². The van der Waals surface area contributed by atoms with Crippen molar-refractivity contribution in [2.45, 2.75) is 26.3 Å². The number of anilines is 1. The van der Waals surface area contributed by atoms with E-state index in [1.54, 1.807) is 12.1 Å². The van der Waals surface area contributed by atoms with Gasteiger partial charge in [0.05, 0.1) is 5.69 Å². The zero-order valence-corrected chi connectivity index (χ0v) is 11.5. The fourth-order valence-corrected chi connectivity index (χ4v) is 1.84. The van der Waals surface area contributed by atoms with Gasteiger partial charge < -0.3 is 10.6 Å². The largest absolute Gasteiger partial charge is 0.381 e. The van der Waals surface area contributed by atoms with Crippen molar-refractivity contribution in [3.63, 3.8) is 0 Å². The number of hydrogen-bond donors (Lipinski definition) is 2. The molecule has 2 N–H and O–H groups in total. The summed E-state index contributed by atoms with van der Waals surface area (Å²) in [5.74, 6) is -0.372. The lowest BCUT2D eigenvalue weighted by molar-refractivity contribution is -0.121. The van der Waals surface area contributed by atoms with Gasteiger partial charge in [0.25, 0.3) is 0 Å². The number of benzene rings is 1. The zero-order valence-electron chi connectivity index (χ0n) is 9.89. The van der Waals surface area contributed by atoms with Gasteiger partial charge in [0.2, 0.25) is 5.91 Å². The molecule has 0 fully saturated rings. The smallest absolute Gasteiger partial charge is 0.221 e. The fourth-order valence-electron chi connectivity index (χ4n) is 1.36. The normalized spacial score (nSPS) is 10.4. The van der Waals surface area contributed by atoms with Crippen LogP contribution in [0.2, 0.25) is 0 Å². The molecule has 0 aliphatic rings. The molecule has 0 spiro atoms. The minimum absolute atomic E-state index is 0.0417. The highest BCUT2D eigenvalue weighted by Gasteiger charge is 2.07. The van der Waals surface area contributed by atoms with E-state index < -0.39 is 0 Å². The second-order valence-electron chi connectivity index (χ2n) is 4.00. The molecular formula is C12H16BrFN2O. The molecule has 1 amide bonds. The molecule has 0 atom stereocenters. The van der Waals surface area contributed by atoms with Crippen molar-refractivity contribution in [3.8, 4) is 0 Å². The molecule has 1 rings (SSSR count). The Morgan fingerprint density at radius 2 is 2.18 bits per heavy atom. The Morgan fingerprint density at radius 3 is 2.76 bits per heavy atom. The highest BCUT2D eigenvalue weighted by Crippen LogP contribution is 2.24. The Kier molecular flexibility index (Phi) is 5.41. The Labute approximate surface area is 109 Å². The van der Waals surface area contributed by atoms with Crippen molar-refractivity contribution in [1.82, 2.24) is 5.32 Å². The predicted octanol–water partition coefficient (Wildman–Crippen LogP) is 2.91. The van der Waals surface area contributed by atoms with Crippen LogP contribution in [-0.2, 0) is 4.79 Å². The first-order valence-electron chi connectivity index (χ1n) is 5.48. The van der Waals surface area contributed by atoms with Crippen molar-refractivity contribution in [1.29, 1.82) is 0 Å². The number of amides is 1. The van der Waals surface area contributed by atoms with E-state index in [1.807, 2.05) is 13.8 Å². The van der Waals surface area contributed by atoms with E-state index in [0.717, 1.165) is 0 Å². The summed E-state index contributed by atoms with van der Waals surface area (Å²) in [5.41, 5.74) is 0.393. The minimum Gasteiger partial charge on any atom is -0.381 e. The molecule has 0 aliphatic heterocycles.